The Morgan fingerprint density at radius 1 is 1.22 bits per heavy atom. The number of anilines is 2. The predicted octanol–water partition coefficient (Wildman–Crippen LogP) is 2.30. The van der Waals surface area contributed by atoms with Gasteiger partial charge in [0.25, 0.3) is 0 Å². The Hall–Kier alpha value is -2.14. The zero-order valence-electron chi connectivity index (χ0n) is 9.77. The smallest absolute Gasteiger partial charge is 0.166 e. The van der Waals surface area contributed by atoms with Crippen molar-refractivity contribution in [1.29, 1.82) is 0 Å². The third kappa shape index (κ3) is 3.18. The minimum Gasteiger partial charge on any atom is -0.492 e. The van der Waals surface area contributed by atoms with Gasteiger partial charge in [-0.15, -0.1) is 0 Å². The first-order chi connectivity index (χ1) is 8.79. The number of hydrogen-bond donors (Lipinski definition) is 2. The molecule has 1 heterocycles. The van der Waals surface area contributed by atoms with Crippen molar-refractivity contribution in [3.8, 4) is 5.75 Å². The van der Waals surface area contributed by atoms with Crippen LogP contribution in [-0.4, -0.2) is 18.1 Å². The zero-order chi connectivity index (χ0) is 12.8. The van der Waals surface area contributed by atoms with Crippen LogP contribution in [-0.2, 0) is 0 Å². The van der Waals surface area contributed by atoms with Gasteiger partial charge in [-0.05, 0) is 36.4 Å². The molecule has 0 amide bonds. The molecule has 0 saturated heterocycles. The van der Waals surface area contributed by atoms with Gasteiger partial charge in [0.15, 0.2) is 11.6 Å². The Morgan fingerprint density at radius 2 is 2.00 bits per heavy atom. The Bertz CT molecular complexity index is 502. The summed E-state index contributed by atoms with van der Waals surface area (Å²) < 4.78 is 18.7. The van der Waals surface area contributed by atoms with Gasteiger partial charge in [-0.25, -0.2) is 9.37 Å². The molecule has 94 valence electrons. The molecule has 5 heteroatoms. The molecule has 0 spiro atoms. The Morgan fingerprint density at radius 3 is 2.67 bits per heavy atom. The summed E-state index contributed by atoms with van der Waals surface area (Å²) in [6, 6.07) is 10.1. The van der Waals surface area contributed by atoms with Crippen LogP contribution in [0.2, 0.25) is 0 Å². The number of hydrogen-bond acceptors (Lipinski definition) is 4. The van der Waals surface area contributed by atoms with Crippen molar-refractivity contribution in [1.82, 2.24) is 4.98 Å². The summed E-state index contributed by atoms with van der Waals surface area (Å²) in [6.45, 7) is 0.945. The zero-order valence-corrected chi connectivity index (χ0v) is 9.77. The van der Waals surface area contributed by atoms with E-state index in [1.54, 1.807) is 30.3 Å². The highest BCUT2D eigenvalue weighted by atomic mass is 19.1. The number of nitrogens with one attached hydrogen (secondary N) is 1. The molecule has 0 unspecified atom stereocenters. The first kappa shape index (κ1) is 12.3. The fraction of sp³-hybridized carbons (Fsp3) is 0.154. The van der Waals surface area contributed by atoms with E-state index in [-0.39, 0.29) is 11.6 Å². The largest absolute Gasteiger partial charge is 0.492 e. The van der Waals surface area contributed by atoms with Crippen LogP contribution in [0, 0.1) is 5.82 Å². The second kappa shape index (κ2) is 5.97. The van der Waals surface area contributed by atoms with Crippen molar-refractivity contribution < 1.29 is 9.13 Å². The molecule has 0 aliphatic rings. The molecule has 0 aliphatic heterocycles. The summed E-state index contributed by atoms with van der Waals surface area (Å²) >= 11 is 0. The maximum absolute atomic E-state index is 13.4. The van der Waals surface area contributed by atoms with Gasteiger partial charge >= 0.3 is 0 Å². The maximum Gasteiger partial charge on any atom is 0.166 e. The molecule has 0 aliphatic carbocycles. The van der Waals surface area contributed by atoms with Crippen LogP contribution in [0.15, 0.2) is 42.6 Å². The third-order valence-corrected chi connectivity index (χ3v) is 2.26. The van der Waals surface area contributed by atoms with Crippen LogP contribution >= 0.6 is 0 Å². The van der Waals surface area contributed by atoms with Crippen LogP contribution in [0.1, 0.15) is 0 Å². The van der Waals surface area contributed by atoms with E-state index in [1.165, 1.54) is 12.3 Å². The second-order valence-electron chi connectivity index (χ2n) is 3.62. The monoisotopic (exact) mass is 247 g/mol. The topological polar surface area (TPSA) is 60.2 Å². The van der Waals surface area contributed by atoms with E-state index >= 15 is 0 Å². The van der Waals surface area contributed by atoms with Crippen molar-refractivity contribution in [2.75, 3.05) is 18.5 Å². The number of pyridine rings is 1. The summed E-state index contributed by atoms with van der Waals surface area (Å²) in [5.74, 6) is 0.543. The van der Waals surface area contributed by atoms with Crippen LogP contribution in [0.4, 0.5) is 15.9 Å². The van der Waals surface area contributed by atoms with E-state index in [1.807, 2.05) is 0 Å². The van der Waals surface area contributed by atoms with Crippen molar-refractivity contribution in [2.45, 2.75) is 0 Å². The summed E-state index contributed by atoms with van der Waals surface area (Å²) in [4.78, 5) is 3.91. The van der Waals surface area contributed by atoms with E-state index in [0.717, 1.165) is 11.4 Å². The van der Waals surface area contributed by atoms with Gasteiger partial charge in [0, 0.05) is 18.4 Å². The van der Waals surface area contributed by atoms with Gasteiger partial charge in [-0.1, -0.05) is 0 Å². The SMILES string of the molecule is NCCOc1ccc(Nc2ncccc2F)cc1. The van der Waals surface area contributed by atoms with Crippen LogP contribution in [0.3, 0.4) is 0 Å². The van der Waals surface area contributed by atoms with Gasteiger partial charge < -0.3 is 15.8 Å². The minimum atomic E-state index is -0.388. The first-order valence-corrected chi connectivity index (χ1v) is 5.60. The number of rotatable bonds is 5. The molecule has 18 heavy (non-hydrogen) atoms. The van der Waals surface area contributed by atoms with Gasteiger partial charge in [0.1, 0.15) is 12.4 Å². The number of aromatic nitrogens is 1. The molecule has 0 saturated carbocycles. The molecular weight excluding hydrogens is 233 g/mol. The number of halogens is 1. The van der Waals surface area contributed by atoms with E-state index in [4.69, 9.17) is 10.5 Å². The predicted molar refractivity (Wildman–Crippen MR) is 68.5 cm³/mol. The van der Waals surface area contributed by atoms with Crippen LogP contribution < -0.4 is 15.8 Å². The second-order valence-corrected chi connectivity index (χ2v) is 3.62. The lowest BCUT2D eigenvalue weighted by molar-refractivity contribution is 0.328. The van der Waals surface area contributed by atoms with Crippen molar-refractivity contribution in [3.63, 3.8) is 0 Å². The van der Waals surface area contributed by atoms with Crippen LogP contribution in [0.25, 0.3) is 0 Å². The fourth-order valence-corrected chi connectivity index (χ4v) is 1.43. The highest BCUT2D eigenvalue weighted by Gasteiger charge is 2.02. The highest BCUT2D eigenvalue weighted by Crippen LogP contribution is 2.20. The Balaban J connectivity index is 2.04. The lowest BCUT2D eigenvalue weighted by atomic mass is 10.3. The molecular formula is C13H14FN3O. The molecule has 0 radical (unpaired) electrons. The average Bonchev–Trinajstić information content (AvgIpc) is 2.41. The van der Waals surface area contributed by atoms with Crippen molar-refractivity contribution in [3.05, 3.63) is 48.4 Å². The summed E-state index contributed by atoms with van der Waals surface area (Å²) in [5, 5.41) is 2.89. The first-order valence-electron chi connectivity index (χ1n) is 5.60. The fourth-order valence-electron chi connectivity index (χ4n) is 1.43. The summed E-state index contributed by atoms with van der Waals surface area (Å²) in [5.41, 5.74) is 6.08. The lowest BCUT2D eigenvalue weighted by Crippen LogP contribution is -2.10. The molecule has 2 aromatic rings. The standard InChI is InChI=1S/C13H14FN3O/c14-12-2-1-8-16-13(12)17-10-3-5-11(6-4-10)18-9-7-15/h1-6,8H,7,9,15H2,(H,16,17). The lowest BCUT2D eigenvalue weighted by Gasteiger charge is -2.08. The summed E-state index contributed by atoms with van der Waals surface area (Å²) in [7, 11) is 0. The molecule has 0 bridgehead atoms. The van der Waals surface area contributed by atoms with E-state index in [9.17, 15) is 4.39 Å². The Kier molecular flexibility index (Phi) is 4.09. The normalized spacial score (nSPS) is 10.1. The number of benzene rings is 1. The highest BCUT2D eigenvalue weighted by molar-refractivity contribution is 5.57. The van der Waals surface area contributed by atoms with Gasteiger partial charge in [-0.3, -0.25) is 0 Å². The minimum absolute atomic E-state index is 0.202. The van der Waals surface area contributed by atoms with Gasteiger partial charge in [-0.2, -0.15) is 0 Å². The quantitative estimate of drug-likeness (QED) is 0.851. The van der Waals surface area contributed by atoms with E-state index < -0.39 is 0 Å². The molecule has 2 rings (SSSR count). The van der Waals surface area contributed by atoms with Crippen molar-refractivity contribution >= 4 is 11.5 Å². The van der Waals surface area contributed by atoms with Crippen molar-refractivity contribution in [2.24, 2.45) is 5.73 Å². The average molecular weight is 247 g/mol. The van der Waals surface area contributed by atoms with E-state index in [0.29, 0.717) is 13.2 Å². The molecule has 3 N–H and O–H groups in total. The number of nitrogens with two attached hydrogens (primary N) is 1. The molecule has 1 aromatic carbocycles. The Labute approximate surface area is 105 Å². The third-order valence-electron chi connectivity index (χ3n) is 2.26. The van der Waals surface area contributed by atoms with Crippen LogP contribution in [0.5, 0.6) is 5.75 Å². The maximum atomic E-state index is 13.4. The molecule has 0 fully saturated rings. The van der Waals surface area contributed by atoms with Gasteiger partial charge in [0.2, 0.25) is 0 Å². The molecule has 1 aromatic heterocycles. The molecule has 0 atom stereocenters. The molecule has 4 nitrogen and oxygen atoms in total. The number of ether oxygens (including phenoxy) is 1. The van der Waals surface area contributed by atoms with E-state index in [2.05, 4.69) is 10.3 Å². The van der Waals surface area contributed by atoms with Gasteiger partial charge in [0.05, 0.1) is 0 Å². The summed E-state index contributed by atoms with van der Waals surface area (Å²) in [6.07, 6.45) is 1.53. The number of nitrogens with zero attached hydrogens (tertiary/aromatic N) is 1.